The first-order valence-corrected chi connectivity index (χ1v) is 7.27. The van der Waals surface area contributed by atoms with E-state index in [4.69, 9.17) is 0 Å². The standard InChI is InChI=1S/C15H25N3/c1-3-16-12-13-11-15(9-10-17-13)18(4-2)14-7-5-6-8-14/h9-11,14,16H,3-8,12H2,1-2H3. The highest BCUT2D eigenvalue weighted by molar-refractivity contribution is 5.47. The van der Waals surface area contributed by atoms with E-state index in [1.165, 1.54) is 31.4 Å². The predicted molar refractivity (Wildman–Crippen MR) is 76.9 cm³/mol. The van der Waals surface area contributed by atoms with Gasteiger partial charge in [0.2, 0.25) is 0 Å². The van der Waals surface area contributed by atoms with Crippen LogP contribution in [0.2, 0.25) is 0 Å². The molecule has 1 aliphatic rings. The maximum absolute atomic E-state index is 4.43. The van der Waals surface area contributed by atoms with E-state index in [0.717, 1.165) is 31.4 Å². The van der Waals surface area contributed by atoms with Gasteiger partial charge in [-0.25, -0.2) is 0 Å². The lowest BCUT2D eigenvalue weighted by atomic mass is 10.2. The van der Waals surface area contributed by atoms with Gasteiger partial charge in [0.05, 0.1) is 5.69 Å². The van der Waals surface area contributed by atoms with Crippen LogP contribution in [0.25, 0.3) is 0 Å². The van der Waals surface area contributed by atoms with Crippen LogP contribution in [0.4, 0.5) is 5.69 Å². The first-order chi connectivity index (χ1) is 8.85. The molecule has 0 saturated heterocycles. The van der Waals surface area contributed by atoms with E-state index in [1.54, 1.807) is 0 Å². The smallest absolute Gasteiger partial charge is 0.0562 e. The third kappa shape index (κ3) is 3.22. The van der Waals surface area contributed by atoms with Gasteiger partial charge in [-0.3, -0.25) is 4.98 Å². The predicted octanol–water partition coefficient (Wildman–Crippen LogP) is 2.96. The maximum atomic E-state index is 4.43. The second-order valence-corrected chi connectivity index (χ2v) is 5.01. The van der Waals surface area contributed by atoms with Crippen LogP contribution in [-0.2, 0) is 6.54 Å². The highest BCUT2D eigenvalue weighted by Crippen LogP contribution is 2.28. The van der Waals surface area contributed by atoms with Gasteiger partial charge >= 0.3 is 0 Å². The molecule has 0 atom stereocenters. The summed E-state index contributed by atoms with van der Waals surface area (Å²) in [5.74, 6) is 0. The SMILES string of the molecule is CCNCc1cc(N(CC)C2CCCC2)ccn1. The van der Waals surface area contributed by atoms with E-state index in [9.17, 15) is 0 Å². The summed E-state index contributed by atoms with van der Waals surface area (Å²) in [6.07, 6.45) is 7.41. The lowest BCUT2D eigenvalue weighted by Gasteiger charge is -2.30. The topological polar surface area (TPSA) is 28.2 Å². The monoisotopic (exact) mass is 247 g/mol. The zero-order valence-electron chi connectivity index (χ0n) is 11.7. The molecule has 0 unspecified atom stereocenters. The number of nitrogens with zero attached hydrogens (tertiary/aromatic N) is 2. The third-order valence-corrected chi connectivity index (χ3v) is 3.79. The lowest BCUT2D eigenvalue weighted by Crippen LogP contribution is -2.33. The minimum atomic E-state index is 0.740. The van der Waals surface area contributed by atoms with Gasteiger partial charge in [-0.15, -0.1) is 0 Å². The minimum Gasteiger partial charge on any atom is -0.369 e. The summed E-state index contributed by atoms with van der Waals surface area (Å²) in [6.45, 7) is 7.33. The van der Waals surface area contributed by atoms with Crippen LogP contribution in [0, 0.1) is 0 Å². The fourth-order valence-corrected chi connectivity index (χ4v) is 2.86. The Hall–Kier alpha value is -1.09. The van der Waals surface area contributed by atoms with Crippen LogP contribution in [0.3, 0.4) is 0 Å². The molecule has 18 heavy (non-hydrogen) atoms. The van der Waals surface area contributed by atoms with Crippen molar-refractivity contribution in [3.05, 3.63) is 24.0 Å². The molecule has 0 aliphatic heterocycles. The molecule has 0 spiro atoms. The summed E-state index contributed by atoms with van der Waals surface area (Å²) in [5, 5.41) is 3.34. The number of hydrogen-bond acceptors (Lipinski definition) is 3. The van der Waals surface area contributed by atoms with Crippen molar-refractivity contribution in [3.8, 4) is 0 Å². The van der Waals surface area contributed by atoms with Crippen LogP contribution in [-0.4, -0.2) is 24.1 Å². The van der Waals surface area contributed by atoms with Crippen molar-refractivity contribution in [2.75, 3.05) is 18.0 Å². The van der Waals surface area contributed by atoms with Crippen molar-refractivity contribution in [3.63, 3.8) is 0 Å². The number of pyridine rings is 1. The second-order valence-electron chi connectivity index (χ2n) is 5.01. The molecule has 100 valence electrons. The Morgan fingerprint density at radius 1 is 1.33 bits per heavy atom. The molecule has 1 heterocycles. The maximum Gasteiger partial charge on any atom is 0.0562 e. The molecule has 1 aromatic rings. The van der Waals surface area contributed by atoms with E-state index in [2.05, 4.69) is 41.2 Å². The molecule has 1 N–H and O–H groups in total. The van der Waals surface area contributed by atoms with Crippen LogP contribution in [0.15, 0.2) is 18.3 Å². The number of nitrogens with one attached hydrogen (secondary N) is 1. The van der Waals surface area contributed by atoms with E-state index in [1.807, 2.05) is 6.20 Å². The molecular weight excluding hydrogens is 222 g/mol. The first kappa shape index (κ1) is 13.3. The summed E-state index contributed by atoms with van der Waals surface area (Å²) in [4.78, 5) is 6.98. The van der Waals surface area contributed by atoms with Crippen LogP contribution >= 0.6 is 0 Å². The Kier molecular flexibility index (Phi) is 5.00. The van der Waals surface area contributed by atoms with Gasteiger partial charge in [-0.1, -0.05) is 19.8 Å². The highest BCUT2D eigenvalue weighted by atomic mass is 15.2. The van der Waals surface area contributed by atoms with Gasteiger partial charge in [-0.2, -0.15) is 0 Å². The summed E-state index contributed by atoms with van der Waals surface area (Å²) < 4.78 is 0. The average Bonchev–Trinajstić information content (AvgIpc) is 2.92. The fraction of sp³-hybridized carbons (Fsp3) is 0.667. The van der Waals surface area contributed by atoms with Gasteiger partial charge < -0.3 is 10.2 Å². The molecule has 3 nitrogen and oxygen atoms in total. The van der Waals surface area contributed by atoms with Gasteiger partial charge in [0.25, 0.3) is 0 Å². The molecule has 0 bridgehead atoms. The number of hydrogen-bond donors (Lipinski definition) is 1. The Bertz CT molecular complexity index is 359. The Balaban J connectivity index is 2.09. The summed E-state index contributed by atoms with van der Waals surface area (Å²) >= 11 is 0. The van der Waals surface area contributed by atoms with Crippen LogP contribution in [0.1, 0.15) is 45.2 Å². The Morgan fingerprint density at radius 2 is 2.11 bits per heavy atom. The van der Waals surface area contributed by atoms with E-state index >= 15 is 0 Å². The molecule has 1 fully saturated rings. The quantitative estimate of drug-likeness (QED) is 0.837. The zero-order chi connectivity index (χ0) is 12.8. The van der Waals surface area contributed by atoms with Gasteiger partial charge in [0.15, 0.2) is 0 Å². The molecule has 1 aliphatic carbocycles. The van der Waals surface area contributed by atoms with E-state index in [-0.39, 0.29) is 0 Å². The first-order valence-electron chi connectivity index (χ1n) is 7.27. The van der Waals surface area contributed by atoms with Crippen molar-refractivity contribution in [2.24, 2.45) is 0 Å². The minimum absolute atomic E-state index is 0.740. The molecule has 3 heteroatoms. The lowest BCUT2D eigenvalue weighted by molar-refractivity contribution is 0.618. The number of rotatable bonds is 6. The fourth-order valence-electron chi connectivity index (χ4n) is 2.86. The molecule has 0 aromatic carbocycles. The second kappa shape index (κ2) is 6.74. The number of anilines is 1. The summed E-state index contributed by atoms with van der Waals surface area (Å²) in [5.41, 5.74) is 2.48. The average molecular weight is 247 g/mol. The van der Waals surface area contributed by atoms with Gasteiger partial charge in [0.1, 0.15) is 0 Å². The highest BCUT2D eigenvalue weighted by Gasteiger charge is 2.21. The van der Waals surface area contributed by atoms with Crippen molar-refractivity contribution in [1.82, 2.24) is 10.3 Å². The van der Waals surface area contributed by atoms with Crippen molar-refractivity contribution < 1.29 is 0 Å². The third-order valence-electron chi connectivity index (χ3n) is 3.79. The molecule has 0 radical (unpaired) electrons. The van der Waals surface area contributed by atoms with Crippen molar-refractivity contribution in [2.45, 2.75) is 52.1 Å². The zero-order valence-corrected chi connectivity index (χ0v) is 11.7. The Labute approximate surface area is 111 Å². The largest absolute Gasteiger partial charge is 0.369 e. The van der Waals surface area contributed by atoms with E-state index in [0.29, 0.717) is 0 Å². The van der Waals surface area contributed by atoms with Gasteiger partial charge in [0, 0.05) is 31.0 Å². The van der Waals surface area contributed by atoms with E-state index < -0.39 is 0 Å². The molecule has 1 aromatic heterocycles. The van der Waals surface area contributed by atoms with Crippen LogP contribution in [0.5, 0.6) is 0 Å². The van der Waals surface area contributed by atoms with Crippen molar-refractivity contribution >= 4 is 5.69 Å². The summed E-state index contributed by atoms with van der Waals surface area (Å²) in [6, 6.07) is 5.13. The Morgan fingerprint density at radius 3 is 2.78 bits per heavy atom. The summed E-state index contributed by atoms with van der Waals surface area (Å²) in [7, 11) is 0. The molecule has 0 amide bonds. The molecular formula is C15H25N3. The number of aromatic nitrogens is 1. The van der Waals surface area contributed by atoms with Gasteiger partial charge in [-0.05, 0) is 38.4 Å². The normalized spacial score (nSPS) is 16.1. The molecule has 1 saturated carbocycles. The van der Waals surface area contributed by atoms with Crippen LogP contribution < -0.4 is 10.2 Å². The van der Waals surface area contributed by atoms with Crippen molar-refractivity contribution in [1.29, 1.82) is 0 Å². The molecule has 2 rings (SSSR count).